The number of carbonyl (C=O) groups excluding carboxylic acids is 1. The van der Waals surface area contributed by atoms with Crippen molar-refractivity contribution in [3.05, 3.63) is 64.1 Å². The van der Waals surface area contributed by atoms with Gasteiger partial charge in [0.05, 0.1) is 5.92 Å². The quantitative estimate of drug-likeness (QED) is 0.366. The molecule has 1 amide bonds. The summed E-state index contributed by atoms with van der Waals surface area (Å²) in [5.74, 6) is 5.64. The van der Waals surface area contributed by atoms with E-state index in [0.717, 1.165) is 15.8 Å². The fraction of sp³-hybridized carbons (Fsp3) is 0.188. The normalized spacial score (nSPS) is 12.0. The molecule has 1 unspecified atom stereocenters. The minimum atomic E-state index is -0.236. The Kier molecular flexibility index (Phi) is 5.85. The van der Waals surface area contributed by atoms with Gasteiger partial charge in [-0.05, 0) is 46.1 Å². The summed E-state index contributed by atoms with van der Waals surface area (Å²) >= 11 is 5.33. The summed E-state index contributed by atoms with van der Waals surface area (Å²) in [7, 11) is 0. The first-order chi connectivity index (χ1) is 10.1. The second kappa shape index (κ2) is 7.64. The number of hydrogen-bond donors (Lipinski definition) is 2. The highest BCUT2D eigenvalue weighted by Crippen LogP contribution is 2.30. The number of hydrogen-bond acceptors (Lipinski definition) is 3. The Morgan fingerprint density at radius 1 is 1.24 bits per heavy atom. The zero-order valence-corrected chi connectivity index (χ0v) is 14.1. The van der Waals surface area contributed by atoms with Gasteiger partial charge in [-0.25, -0.2) is 5.84 Å². The number of nitrogens with two attached hydrogens (primary N) is 1. The van der Waals surface area contributed by atoms with Crippen molar-refractivity contribution < 1.29 is 4.79 Å². The van der Waals surface area contributed by atoms with Crippen LogP contribution in [-0.2, 0) is 10.5 Å². The standard InChI is InChI=1S/C16H17BrN2OS/c1-11(16(20)19-18)13-8-6-12(7-9-13)10-21-15-5-3-2-4-14(15)17/h2-9,11H,10,18H2,1H3,(H,19,20). The van der Waals surface area contributed by atoms with E-state index in [1.54, 1.807) is 11.8 Å². The first-order valence-electron chi connectivity index (χ1n) is 6.58. The molecule has 3 N–H and O–H groups in total. The fourth-order valence-corrected chi connectivity index (χ4v) is 3.43. The van der Waals surface area contributed by atoms with Crippen molar-refractivity contribution in [1.29, 1.82) is 0 Å². The van der Waals surface area contributed by atoms with Crippen LogP contribution in [-0.4, -0.2) is 5.91 Å². The van der Waals surface area contributed by atoms with Crippen LogP contribution < -0.4 is 11.3 Å². The number of rotatable bonds is 5. The van der Waals surface area contributed by atoms with Crippen molar-refractivity contribution in [2.45, 2.75) is 23.5 Å². The predicted molar refractivity (Wildman–Crippen MR) is 90.9 cm³/mol. The van der Waals surface area contributed by atoms with Gasteiger partial charge in [0.15, 0.2) is 0 Å². The fourth-order valence-electron chi connectivity index (χ4n) is 1.90. The number of halogens is 1. The minimum Gasteiger partial charge on any atom is -0.294 e. The van der Waals surface area contributed by atoms with E-state index in [9.17, 15) is 4.79 Å². The maximum absolute atomic E-state index is 11.5. The highest BCUT2D eigenvalue weighted by Gasteiger charge is 2.13. The average molecular weight is 365 g/mol. The molecule has 2 aromatic rings. The highest BCUT2D eigenvalue weighted by atomic mass is 79.9. The maximum Gasteiger partial charge on any atom is 0.241 e. The Bertz CT molecular complexity index is 616. The molecule has 3 nitrogen and oxygen atoms in total. The van der Waals surface area contributed by atoms with Crippen molar-refractivity contribution >= 4 is 33.6 Å². The van der Waals surface area contributed by atoms with Crippen LogP contribution in [0.3, 0.4) is 0 Å². The molecule has 0 aliphatic heterocycles. The van der Waals surface area contributed by atoms with Crippen LogP contribution in [0.2, 0.25) is 0 Å². The monoisotopic (exact) mass is 364 g/mol. The third-order valence-electron chi connectivity index (χ3n) is 3.25. The molecular weight excluding hydrogens is 348 g/mol. The first kappa shape index (κ1) is 16.1. The smallest absolute Gasteiger partial charge is 0.241 e. The zero-order valence-electron chi connectivity index (χ0n) is 11.7. The van der Waals surface area contributed by atoms with E-state index in [-0.39, 0.29) is 11.8 Å². The number of hydrazine groups is 1. The molecule has 0 aliphatic carbocycles. The molecule has 0 radical (unpaired) electrons. The number of nitrogens with one attached hydrogen (secondary N) is 1. The van der Waals surface area contributed by atoms with Gasteiger partial charge in [0.1, 0.15) is 0 Å². The summed E-state index contributed by atoms with van der Waals surface area (Å²) in [6, 6.07) is 16.2. The summed E-state index contributed by atoms with van der Waals surface area (Å²) < 4.78 is 1.11. The molecule has 0 spiro atoms. The number of benzene rings is 2. The molecule has 0 heterocycles. The maximum atomic E-state index is 11.5. The molecule has 1 atom stereocenters. The van der Waals surface area contributed by atoms with E-state index in [0.29, 0.717) is 0 Å². The van der Waals surface area contributed by atoms with E-state index in [2.05, 4.69) is 39.6 Å². The van der Waals surface area contributed by atoms with Crippen LogP contribution in [0.15, 0.2) is 57.9 Å². The highest BCUT2D eigenvalue weighted by molar-refractivity contribution is 9.10. The van der Waals surface area contributed by atoms with E-state index in [1.807, 2.05) is 37.3 Å². The summed E-state index contributed by atoms with van der Waals surface area (Å²) in [4.78, 5) is 12.7. The van der Waals surface area contributed by atoms with Gasteiger partial charge in [-0.1, -0.05) is 36.4 Å². The van der Waals surface area contributed by atoms with Gasteiger partial charge >= 0.3 is 0 Å². The van der Waals surface area contributed by atoms with Crippen LogP contribution in [0.4, 0.5) is 0 Å². The Labute approximate surface area is 137 Å². The Morgan fingerprint density at radius 2 is 1.90 bits per heavy atom. The SMILES string of the molecule is CC(C(=O)NN)c1ccc(CSc2ccccc2Br)cc1. The lowest BCUT2D eigenvalue weighted by atomic mass is 9.99. The van der Waals surface area contributed by atoms with Crippen LogP contribution in [0.1, 0.15) is 24.0 Å². The molecule has 0 aromatic heterocycles. The van der Waals surface area contributed by atoms with Crippen molar-refractivity contribution in [3.63, 3.8) is 0 Å². The first-order valence-corrected chi connectivity index (χ1v) is 8.36. The molecule has 21 heavy (non-hydrogen) atoms. The number of carbonyl (C=O) groups is 1. The second-order valence-corrected chi connectivity index (χ2v) is 6.56. The van der Waals surface area contributed by atoms with E-state index in [1.165, 1.54) is 10.5 Å². The predicted octanol–water partition coefficient (Wildman–Crippen LogP) is 3.83. The largest absolute Gasteiger partial charge is 0.294 e. The average Bonchev–Trinajstić information content (AvgIpc) is 2.53. The topological polar surface area (TPSA) is 55.1 Å². The molecule has 5 heteroatoms. The number of amides is 1. The van der Waals surface area contributed by atoms with E-state index < -0.39 is 0 Å². The summed E-state index contributed by atoms with van der Waals surface area (Å²) in [5, 5.41) is 0. The van der Waals surface area contributed by atoms with Crippen LogP contribution in [0, 0.1) is 0 Å². The van der Waals surface area contributed by atoms with Gasteiger partial charge in [-0.15, -0.1) is 11.8 Å². The third-order valence-corrected chi connectivity index (χ3v) is 5.34. The second-order valence-electron chi connectivity index (χ2n) is 4.69. The van der Waals surface area contributed by atoms with Gasteiger partial charge in [0.25, 0.3) is 0 Å². The Balaban J connectivity index is 2.00. The van der Waals surface area contributed by atoms with Crippen molar-refractivity contribution in [2.75, 3.05) is 0 Å². The van der Waals surface area contributed by atoms with E-state index >= 15 is 0 Å². The molecule has 2 aromatic carbocycles. The van der Waals surface area contributed by atoms with Gasteiger partial charge in [0.2, 0.25) is 5.91 Å². The van der Waals surface area contributed by atoms with Crippen molar-refractivity contribution in [1.82, 2.24) is 5.43 Å². The number of thioether (sulfide) groups is 1. The molecule has 0 saturated heterocycles. The molecule has 2 rings (SSSR count). The van der Waals surface area contributed by atoms with Gasteiger partial charge in [0, 0.05) is 15.1 Å². The lowest BCUT2D eigenvalue weighted by Crippen LogP contribution is -2.33. The lowest BCUT2D eigenvalue weighted by molar-refractivity contribution is -0.122. The zero-order chi connectivity index (χ0) is 15.2. The summed E-state index contributed by atoms with van der Waals surface area (Å²) in [6.45, 7) is 1.84. The lowest BCUT2D eigenvalue weighted by Gasteiger charge is -2.11. The third kappa shape index (κ3) is 4.33. The van der Waals surface area contributed by atoms with Gasteiger partial charge in [-0.2, -0.15) is 0 Å². The molecule has 110 valence electrons. The molecule has 0 bridgehead atoms. The van der Waals surface area contributed by atoms with Gasteiger partial charge in [-0.3, -0.25) is 10.2 Å². The molecular formula is C16H17BrN2OS. The van der Waals surface area contributed by atoms with Crippen LogP contribution >= 0.6 is 27.7 Å². The summed E-state index contributed by atoms with van der Waals surface area (Å²) in [6.07, 6.45) is 0. The molecule has 0 aliphatic rings. The minimum absolute atomic E-state index is 0.176. The molecule has 0 saturated carbocycles. The van der Waals surface area contributed by atoms with Crippen molar-refractivity contribution in [3.8, 4) is 0 Å². The van der Waals surface area contributed by atoms with Gasteiger partial charge < -0.3 is 0 Å². The van der Waals surface area contributed by atoms with Crippen LogP contribution in [0.25, 0.3) is 0 Å². The summed E-state index contributed by atoms with van der Waals surface area (Å²) in [5.41, 5.74) is 4.37. The Morgan fingerprint density at radius 3 is 2.52 bits per heavy atom. The van der Waals surface area contributed by atoms with Crippen LogP contribution in [0.5, 0.6) is 0 Å². The Hall–Kier alpha value is -1.30. The van der Waals surface area contributed by atoms with Crippen molar-refractivity contribution in [2.24, 2.45) is 5.84 Å². The van der Waals surface area contributed by atoms with E-state index in [4.69, 9.17) is 5.84 Å². The molecule has 0 fully saturated rings.